The molecule has 0 saturated carbocycles. The number of rotatable bonds is 2. The summed E-state index contributed by atoms with van der Waals surface area (Å²) in [7, 11) is 0. The molecule has 0 saturated heterocycles. The van der Waals surface area contributed by atoms with Gasteiger partial charge in [0.05, 0.1) is 11.2 Å². The maximum Gasteiger partial charge on any atom is 0.105 e. The van der Waals surface area contributed by atoms with Crippen molar-refractivity contribution in [2.45, 2.75) is 32.7 Å². The van der Waals surface area contributed by atoms with Crippen LogP contribution in [-0.2, 0) is 12.0 Å². The highest BCUT2D eigenvalue weighted by Gasteiger charge is 2.21. The molecule has 0 fully saturated rings. The van der Waals surface area contributed by atoms with Gasteiger partial charge >= 0.3 is 0 Å². The van der Waals surface area contributed by atoms with Crippen molar-refractivity contribution in [2.24, 2.45) is 5.73 Å². The standard InChI is InChI=1S/C7H14N4/c1-4-5-6(7(2,3)8)10-11-9-5/h4,8H2,1-3H3,(H,9,10,11). The van der Waals surface area contributed by atoms with Gasteiger partial charge < -0.3 is 5.73 Å². The highest BCUT2D eigenvalue weighted by atomic mass is 15.3. The topological polar surface area (TPSA) is 67.6 Å². The van der Waals surface area contributed by atoms with E-state index in [1.165, 1.54) is 0 Å². The maximum absolute atomic E-state index is 5.86. The molecule has 0 atom stereocenters. The highest BCUT2D eigenvalue weighted by Crippen LogP contribution is 2.16. The fourth-order valence-corrected chi connectivity index (χ4v) is 1.02. The number of aromatic amines is 1. The Kier molecular flexibility index (Phi) is 1.95. The smallest absolute Gasteiger partial charge is 0.105 e. The van der Waals surface area contributed by atoms with Gasteiger partial charge in [-0.1, -0.05) is 6.92 Å². The van der Waals surface area contributed by atoms with Crippen molar-refractivity contribution >= 4 is 0 Å². The van der Waals surface area contributed by atoms with Crippen molar-refractivity contribution in [3.63, 3.8) is 0 Å². The molecule has 1 heterocycles. The monoisotopic (exact) mass is 154 g/mol. The fourth-order valence-electron chi connectivity index (χ4n) is 1.02. The summed E-state index contributed by atoms with van der Waals surface area (Å²) in [5.41, 5.74) is 7.28. The van der Waals surface area contributed by atoms with Gasteiger partial charge in [-0.05, 0) is 20.3 Å². The van der Waals surface area contributed by atoms with E-state index in [2.05, 4.69) is 15.4 Å². The number of nitrogens with one attached hydrogen (secondary N) is 1. The Bertz CT molecular complexity index is 233. The molecule has 1 aromatic heterocycles. The number of aryl methyl sites for hydroxylation is 1. The van der Waals surface area contributed by atoms with E-state index >= 15 is 0 Å². The van der Waals surface area contributed by atoms with Gasteiger partial charge in [-0.2, -0.15) is 15.4 Å². The van der Waals surface area contributed by atoms with Gasteiger partial charge in [-0.3, -0.25) is 0 Å². The molecule has 0 amide bonds. The van der Waals surface area contributed by atoms with Crippen molar-refractivity contribution in [1.29, 1.82) is 0 Å². The molecule has 1 aromatic rings. The van der Waals surface area contributed by atoms with Crippen molar-refractivity contribution in [3.05, 3.63) is 11.4 Å². The molecule has 0 aliphatic carbocycles. The lowest BCUT2D eigenvalue weighted by molar-refractivity contribution is 0.528. The molecular weight excluding hydrogens is 140 g/mol. The van der Waals surface area contributed by atoms with Crippen LogP contribution in [0.3, 0.4) is 0 Å². The van der Waals surface area contributed by atoms with E-state index in [4.69, 9.17) is 5.73 Å². The predicted octanol–water partition coefficient (Wildman–Crippen LogP) is 0.561. The molecule has 4 heteroatoms. The van der Waals surface area contributed by atoms with Gasteiger partial charge in [0.15, 0.2) is 0 Å². The molecular formula is C7H14N4. The molecule has 0 aliphatic heterocycles. The molecule has 0 radical (unpaired) electrons. The minimum Gasteiger partial charge on any atom is -0.320 e. The van der Waals surface area contributed by atoms with Crippen LogP contribution in [0.2, 0.25) is 0 Å². The number of aromatic nitrogens is 3. The summed E-state index contributed by atoms with van der Waals surface area (Å²) in [5.74, 6) is 0. The maximum atomic E-state index is 5.86. The first-order chi connectivity index (χ1) is 5.05. The second kappa shape index (κ2) is 2.62. The van der Waals surface area contributed by atoms with Crippen LogP contribution in [0.1, 0.15) is 32.2 Å². The fraction of sp³-hybridized carbons (Fsp3) is 0.714. The van der Waals surface area contributed by atoms with E-state index in [0.717, 1.165) is 17.8 Å². The Balaban J connectivity index is 3.02. The minimum atomic E-state index is -0.391. The molecule has 0 bridgehead atoms. The lowest BCUT2D eigenvalue weighted by Crippen LogP contribution is -2.30. The van der Waals surface area contributed by atoms with Crippen LogP contribution in [0, 0.1) is 0 Å². The number of H-pyrrole nitrogens is 1. The number of hydrogen-bond donors (Lipinski definition) is 2. The van der Waals surface area contributed by atoms with Gasteiger partial charge in [0, 0.05) is 0 Å². The summed E-state index contributed by atoms with van der Waals surface area (Å²) in [6.07, 6.45) is 0.868. The van der Waals surface area contributed by atoms with Crippen molar-refractivity contribution < 1.29 is 0 Å². The van der Waals surface area contributed by atoms with Crippen molar-refractivity contribution in [1.82, 2.24) is 15.4 Å². The van der Waals surface area contributed by atoms with Crippen LogP contribution in [0.4, 0.5) is 0 Å². The lowest BCUT2D eigenvalue weighted by Gasteiger charge is -2.15. The number of nitrogens with zero attached hydrogens (tertiary/aromatic N) is 2. The van der Waals surface area contributed by atoms with Gasteiger partial charge in [0.2, 0.25) is 0 Å². The average Bonchev–Trinajstić information content (AvgIpc) is 2.31. The van der Waals surface area contributed by atoms with Gasteiger partial charge in [0.1, 0.15) is 5.69 Å². The zero-order valence-electron chi connectivity index (χ0n) is 7.18. The first-order valence-electron chi connectivity index (χ1n) is 3.74. The Hall–Kier alpha value is -0.900. The molecule has 0 aromatic carbocycles. The summed E-state index contributed by atoms with van der Waals surface area (Å²) < 4.78 is 0. The van der Waals surface area contributed by atoms with Crippen molar-refractivity contribution in [2.75, 3.05) is 0 Å². The van der Waals surface area contributed by atoms with Gasteiger partial charge in [0.25, 0.3) is 0 Å². The summed E-state index contributed by atoms with van der Waals surface area (Å²) in [5, 5.41) is 10.6. The third-order valence-corrected chi connectivity index (χ3v) is 1.57. The molecule has 0 aliphatic rings. The van der Waals surface area contributed by atoms with E-state index in [1.807, 2.05) is 20.8 Å². The molecule has 1 rings (SSSR count). The molecule has 4 nitrogen and oxygen atoms in total. The Morgan fingerprint density at radius 3 is 2.45 bits per heavy atom. The van der Waals surface area contributed by atoms with Crippen LogP contribution >= 0.6 is 0 Å². The summed E-state index contributed by atoms with van der Waals surface area (Å²) in [6.45, 7) is 5.88. The van der Waals surface area contributed by atoms with Crippen molar-refractivity contribution in [3.8, 4) is 0 Å². The third kappa shape index (κ3) is 1.57. The van der Waals surface area contributed by atoms with Crippen LogP contribution in [0.5, 0.6) is 0 Å². The van der Waals surface area contributed by atoms with E-state index in [9.17, 15) is 0 Å². The van der Waals surface area contributed by atoms with Crippen LogP contribution in [0.15, 0.2) is 0 Å². The van der Waals surface area contributed by atoms with E-state index in [1.54, 1.807) is 0 Å². The largest absolute Gasteiger partial charge is 0.320 e. The quantitative estimate of drug-likeness (QED) is 0.654. The number of nitrogens with two attached hydrogens (primary N) is 1. The third-order valence-electron chi connectivity index (χ3n) is 1.57. The normalized spacial score (nSPS) is 12.0. The van der Waals surface area contributed by atoms with Crippen LogP contribution in [-0.4, -0.2) is 15.4 Å². The van der Waals surface area contributed by atoms with E-state index < -0.39 is 5.54 Å². The van der Waals surface area contributed by atoms with Gasteiger partial charge in [-0.25, -0.2) is 0 Å². The van der Waals surface area contributed by atoms with Crippen LogP contribution < -0.4 is 5.73 Å². The molecule has 3 N–H and O–H groups in total. The molecule has 0 unspecified atom stereocenters. The Morgan fingerprint density at radius 1 is 1.45 bits per heavy atom. The SMILES string of the molecule is CCc1n[nH]nc1C(C)(C)N. The second-order valence-electron chi connectivity index (χ2n) is 3.19. The highest BCUT2D eigenvalue weighted by molar-refractivity contribution is 5.16. The van der Waals surface area contributed by atoms with Crippen LogP contribution in [0.25, 0.3) is 0 Å². The van der Waals surface area contributed by atoms with Gasteiger partial charge in [-0.15, -0.1) is 0 Å². The van der Waals surface area contributed by atoms with E-state index in [0.29, 0.717) is 0 Å². The lowest BCUT2D eigenvalue weighted by atomic mass is 10.00. The van der Waals surface area contributed by atoms with E-state index in [-0.39, 0.29) is 0 Å². The predicted molar refractivity (Wildman–Crippen MR) is 43.0 cm³/mol. The zero-order valence-corrected chi connectivity index (χ0v) is 7.18. The summed E-state index contributed by atoms with van der Waals surface area (Å²) in [6, 6.07) is 0. The minimum absolute atomic E-state index is 0.391. The molecule has 11 heavy (non-hydrogen) atoms. The molecule has 62 valence electrons. The summed E-state index contributed by atoms with van der Waals surface area (Å²) >= 11 is 0. The Morgan fingerprint density at radius 2 is 2.09 bits per heavy atom. The summed E-state index contributed by atoms with van der Waals surface area (Å²) in [4.78, 5) is 0. The first kappa shape index (κ1) is 8.20. The zero-order chi connectivity index (χ0) is 8.48. The molecule has 0 spiro atoms. The second-order valence-corrected chi connectivity index (χ2v) is 3.19. The Labute approximate surface area is 66.2 Å². The average molecular weight is 154 g/mol. The number of hydrogen-bond acceptors (Lipinski definition) is 3. The first-order valence-corrected chi connectivity index (χ1v) is 3.74.